The summed E-state index contributed by atoms with van der Waals surface area (Å²) in [6.07, 6.45) is 4.92. The third-order valence-electron chi connectivity index (χ3n) is 2.82. The van der Waals surface area contributed by atoms with Gasteiger partial charge in [-0.3, -0.25) is 0 Å². The maximum absolute atomic E-state index is 10.3. The maximum Gasteiger partial charge on any atom is 0.137 e. The van der Waals surface area contributed by atoms with Crippen molar-refractivity contribution < 1.29 is 4.79 Å². The molecule has 1 saturated heterocycles. The van der Waals surface area contributed by atoms with Crippen LogP contribution in [0.15, 0.2) is 0 Å². The summed E-state index contributed by atoms with van der Waals surface area (Å²) in [5.74, 6) is 0. The highest BCUT2D eigenvalue weighted by molar-refractivity contribution is 5.62. The highest BCUT2D eigenvalue weighted by Gasteiger charge is 2.50. The zero-order valence-electron chi connectivity index (χ0n) is 5.39. The maximum atomic E-state index is 10.3. The minimum absolute atomic E-state index is 0.200. The Bertz CT molecular complexity index is 134. The molecule has 1 heterocycles. The monoisotopic (exact) mass is 125 g/mol. The van der Waals surface area contributed by atoms with Gasteiger partial charge in [-0.05, 0) is 12.8 Å². The predicted octanol–water partition coefficient (Wildman–Crippen LogP) is 0.327. The van der Waals surface area contributed by atoms with E-state index in [9.17, 15) is 4.79 Å². The summed E-state index contributed by atoms with van der Waals surface area (Å²) in [5.41, 5.74) is 0.432. The summed E-state index contributed by atoms with van der Waals surface area (Å²) in [6.45, 7) is 1.08. The van der Waals surface area contributed by atoms with Crippen molar-refractivity contribution in [1.82, 2.24) is 5.32 Å². The zero-order valence-corrected chi connectivity index (χ0v) is 5.39. The van der Waals surface area contributed by atoms with Crippen molar-refractivity contribution >= 4 is 6.29 Å². The Balaban J connectivity index is 2.04. The largest absolute Gasteiger partial charge is 0.307 e. The quantitative estimate of drug-likeness (QED) is 0.511. The van der Waals surface area contributed by atoms with E-state index in [1.54, 1.807) is 0 Å². The fraction of sp³-hybridized carbons (Fsp3) is 0.857. The molecule has 0 aromatic carbocycles. The molecule has 1 N–H and O–H groups in total. The molecule has 1 unspecified atom stereocenters. The van der Waals surface area contributed by atoms with Crippen LogP contribution in [0.4, 0.5) is 0 Å². The lowest BCUT2D eigenvalue weighted by Gasteiger charge is -2.54. The van der Waals surface area contributed by atoms with Gasteiger partial charge in [-0.1, -0.05) is 6.42 Å². The van der Waals surface area contributed by atoms with E-state index in [2.05, 4.69) is 5.32 Å². The number of nitrogens with one attached hydrogen (secondary N) is 1. The van der Waals surface area contributed by atoms with Gasteiger partial charge in [-0.2, -0.15) is 0 Å². The van der Waals surface area contributed by atoms with Gasteiger partial charge in [0.25, 0.3) is 0 Å². The molecule has 1 atom stereocenters. The molecular formula is C7H11NO. The van der Waals surface area contributed by atoms with E-state index in [0.29, 0.717) is 5.41 Å². The van der Waals surface area contributed by atoms with Crippen molar-refractivity contribution in [2.24, 2.45) is 5.41 Å². The van der Waals surface area contributed by atoms with E-state index in [1.807, 2.05) is 0 Å². The van der Waals surface area contributed by atoms with Crippen LogP contribution in [0.25, 0.3) is 0 Å². The summed E-state index contributed by atoms with van der Waals surface area (Å²) in [6, 6.07) is 0.200. The van der Waals surface area contributed by atoms with Gasteiger partial charge in [0, 0.05) is 12.0 Å². The zero-order chi connectivity index (χ0) is 6.32. The van der Waals surface area contributed by atoms with Crippen LogP contribution in [0.5, 0.6) is 0 Å². The first-order chi connectivity index (χ1) is 4.37. The molecule has 0 radical (unpaired) electrons. The summed E-state index contributed by atoms with van der Waals surface area (Å²) in [4.78, 5) is 10.3. The van der Waals surface area contributed by atoms with Crippen molar-refractivity contribution in [2.45, 2.75) is 25.3 Å². The summed E-state index contributed by atoms with van der Waals surface area (Å²) >= 11 is 0. The van der Waals surface area contributed by atoms with Gasteiger partial charge in [0.05, 0.1) is 6.04 Å². The summed E-state index contributed by atoms with van der Waals surface area (Å²) in [5, 5.41) is 3.12. The van der Waals surface area contributed by atoms with Crippen molar-refractivity contribution in [1.29, 1.82) is 0 Å². The lowest BCUT2D eigenvalue weighted by Crippen LogP contribution is -2.66. The highest BCUT2D eigenvalue weighted by atomic mass is 16.1. The Kier molecular flexibility index (Phi) is 0.943. The van der Waals surface area contributed by atoms with E-state index in [1.165, 1.54) is 19.3 Å². The normalized spacial score (nSPS) is 37.1. The fourth-order valence-corrected chi connectivity index (χ4v) is 1.82. The summed E-state index contributed by atoms with van der Waals surface area (Å²) < 4.78 is 0. The molecule has 1 spiro atoms. The predicted molar refractivity (Wildman–Crippen MR) is 34.1 cm³/mol. The first-order valence-electron chi connectivity index (χ1n) is 3.56. The SMILES string of the molecule is O=CC1NCC12CCC2. The Hall–Kier alpha value is -0.370. The second kappa shape index (κ2) is 1.57. The van der Waals surface area contributed by atoms with Gasteiger partial charge in [0.15, 0.2) is 0 Å². The molecule has 2 rings (SSSR count). The van der Waals surface area contributed by atoms with Crippen LogP contribution in [-0.4, -0.2) is 18.9 Å². The van der Waals surface area contributed by atoms with Crippen LogP contribution in [0.2, 0.25) is 0 Å². The average Bonchev–Trinajstić information content (AvgIpc) is 1.59. The van der Waals surface area contributed by atoms with Gasteiger partial charge < -0.3 is 10.1 Å². The molecule has 2 heteroatoms. The molecule has 0 amide bonds. The molecule has 2 fully saturated rings. The number of hydrogen-bond acceptors (Lipinski definition) is 2. The Morgan fingerprint density at radius 2 is 2.33 bits per heavy atom. The van der Waals surface area contributed by atoms with E-state index in [-0.39, 0.29) is 6.04 Å². The molecule has 2 aliphatic rings. The number of carbonyl (C=O) groups is 1. The van der Waals surface area contributed by atoms with Crippen LogP contribution in [-0.2, 0) is 4.79 Å². The third kappa shape index (κ3) is 0.517. The Morgan fingerprint density at radius 1 is 1.56 bits per heavy atom. The number of hydrogen-bond donors (Lipinski definition) is 1. The molecule has 1 aliphatic carbocycles. The van der Waals surface area contributed by atoms with Crippen LogP contribution in [0, 0.1) is 5.41 Å². The lowest BCUT2D eigenvalue weighted by atomic mass is 9.60. The van der Waals surface area contributed by atoms with Crippen molar-refractivity contribution in [3.63, 3.8) is 0 Å². The fourth-order valence-electron chi connectivity index (χ4n) is 1.82. The van der Waals surface area contributed by atoms with Gasteiger partial charge in [0.1, 0.15) is 6.29 Å². The van der Waals surface area contributed by atoms with E-state index in [0.717, 1.165) is 12.8 Å². The minimum Gasteiger partial charge on any atom is -0.307 e. The second-order valence-corrected chi connectivity index (χ2v) is 3.21. The van der Waals surface area contributed by atoms with Gasteiger partial charge >= 0.3 is 0 Å². The van der Waals surface area contributed by atoms with Crippen molar-refractivity contribution in [3.05, 3.63) is 0 Å². The van der Waals surface area contributed by atoms with E-state index < -0.39 is 0 Å². The van der Waals surface area contributed by atoms with Crippen LogP contribution in [0.3, 0.4) is 0 Å². The van der Waals surface area contributed by atoms with Gasteiger partial charge in [-0.15, -0.1) is 0 Å². The number of aldehydes is 1. The molecule has 1 saturated carbocycles. The topological polar surface area (TPSA) is 29.1 Å². The smallest absolute Gasteiger partial charge is 0.137 e. The van der Waals surface area contributed by atoms with Crippen molar-refractivity contribution in [3.8, 4) is 0 Å². The lowest BCUT2D eigenvalue weighted by molar-refractivity contribution is -0.120. The second-order valence-electron chi connectivity index (χ2n) is 3.21. The Morgan fingerprint density at radius 3 is 2.44 bits per heavy atom. The first-order valence-corrected chi connectivity index (χ1v) is 3.56. The van der Waals surface area contributed by atoms with Crippen LogP contribution < -0.4 is 5.32 Å². The average molecular weight is 125 g/mol. The van der Waals surface area contributed by atoms with Gasteiger partial charge in [-0.25, -0.2) is 0 Å². The standard InChI is InChI=1S/C7H11NO/c9-4-6-7(5-8-6)2-1-3-7/h4,6,8H,1-3,5H2. The summed E-state index contributed by atoms with van der Waals surface area (Å²) in [7, 11) is 0. The molecule has 0 bridgehead atoms. The molecule has 0 aromatic heterocycles. The molecule has 0 aromatic rings. The van der Waals surface area contributed by atoms with E-state index in [4.69, 9.17) is 0 Å². The minimum atomic E-state index is 0.200. The highest BCUT2D eigenvalue weighted by Crippen LogP contribution is 2.47. The molecule has 50 valence electrons. The number of rotatable bonds is 1. The van der Waals surface area contributed by atoms with Crippen molar-refractivity contribution in [2.75, 3.05) is 6.54 Å². The molecule has 1 aliphatic heterocycles. The van der Waals surface area contributed by atoms with E-state index >= 15 is 0 Å². The van der Waals surface area contributed by atoms with Gasteiger partial charge in [0.2, 0.25) is 0 Å². The number of carbonyl (C=O) groups excluding carboxylic acids is 1. The first kappa shape index (κ1) is 5.42. The third-order valence-corrected chi connectivity index (χ3v) is 2.82. The molecular weight excluding hydrogens is 114 g/mol. The molecule has 2 nitrogen and oxygen atoms in total. The molecule has 9 heavy (non-hydrogen) atoms. The Labute approximate surface area is 54.6 Å². The van der Waals surface area contributed by atoms with Crippen LogP contribution >= 0.6 is 0 Å². The van der Waals surface area contributed by atoms with Crippen LogP contribution in [0.1, 0.15) is 19.3 Å².